The number of carbonyl (C=O) groups excluding carboxylic acids is 1. The summed E-state index contributed by atoms with van der Waals surface area (Å²) in [6.45, 7) is 5.83. The standard InChI is InChI=1S/C32H41N3O6/c1-4-33-32(39)34-17-22-8-14-25(15-9-22)31-40-29(19-35(3)18-28(38)26-6-5-7-27(37)16-26)21(2)30(41-31)24-12-10-23(20-36)11-13-24/h5-16,21,28-31,36-38H,4,17-20H2,1-3H3,(H2,33,34,39)/t21-,28+,29+,30+,31?/m0/s1. The van der Waals surface area contributed by atoms with Crippen LogP contribution < -0.4 is 10.6 Å². The van der Waals surface area contributed by atoms with Crippen LogP contribution in [0.4, 0.5) is 4.79 Å². The lowest BCUT2D eigenvalue weighted by Gasteiger charge is -2.42. The average molecular weight is 564 g/mol. The summed E-state index contributed by atoms with van der Waals surface area (Å²) in [5, 5.41) is 35.6. The van der Waals surface area contributed by atoms with Crippen LogP contribution >= 0.6 is 0 Å². The second-order valence-electron chi connectivity index (χ2n) is 10.6. The van der Waals surface area contributed by atoms with E-state index in [2.05, 4.69) is 17.6 Å². The number of carbonyl (C=O) groups is 1. The van der Waals surface area contributed by atoms with Gasteiger partial charge < -0.3 is 40.3 Å². The first-order valence-electron chi connectivity index (χ1n) is 14.0. The molecule has 1 aliphatic rings. The molecule has 1 saturated heterocycles. The van der Waals surface area contributed by atoms with E-state index in [1.165, 1.54) is 0 Å². The van der Waals surface area contributed by atoms with Crippen LogP contribution in [0, 0.1) is 5.92 Å². The molecule has 0 saturated carbocycles. The highest BCUT2D eigenvalue weighted by atomic mass is 16.7. The SMILES string of the molecule is CCNC(=O)NCc1ccc(C2O[C@H](CN(C)C[C@@H](O)c3cccc(O)c3)[C@H](C)[C@H](c3ccc(CO)cc3)O2)cc1. The largest absolute Gasteiger partial charge is 0.508 e. The zero-order valence-electron chi connectivity index (χ0n) is 23.9. The number of benzene rings is 3. The Labute approximate surface area is 241 Å². The van der Waals surface area contributed by atoms with Crippen molar-refractivity contribution in [3.8, 4) is 5.75 Å². The van der Waals surface area contributed by atoms with Crippen molar-refractivity contribution in [3.63, 3.8) is 0 Å². The zero-order chi connectivity index (χ0) is 29.4. The summed E-state index contributed by atoms with van der Waals surface area (Å²) in [5.41, 5.74) is 4.30. The van der Waals surface area contributed by atoms with Crippen LogP contribution in [-0.2, 0) is 22.6 Å². The molecule has 0 bridgehead atoms. The van der Waals surface area contributed by atoms with Crippen molar-refractivity contribution in [2.75, 3.05) is 26.7 Å². The molecule has 3 aromatic rings. The van der Waals surface area contributed by atoms with Gasteiger partial charge in [-0.2, -0.15) is 0 Å². The van der Waals surface area contributed by atoms with Crippen LogP contribution in [-0.4, -0.2) is 59.0 Å². The van der Waals surface area contributed by atoms with Crippen molar-refractivity contribution in [1.82, 2.24) is 15.5 Å². The van der Waals surface area contributed by atoms with E-state index in [9.17, 15) is 20.1 Å². The fraction of sp³-hybridized carbons (Fsp3) is 0.406. The number of rotatable bonds is 11. The molecule has 9 heteroatoms. The van der Waals surface area contributed by atoms with E-state index in [-0.39, 0.29) is 36.5 Å². The van der Waals surface area contributed by atoms with Gasteiger partial charge in [0.1, 0.15) is 5.75 Å². The number of aliphatic hydroxyl groups excluding tert-OH is 2. The highest BCUT2D eigenvalue weighted by Crippen LogP contribution is 2.42. The van der Waals surface area contributed by atoms with Crippen LogP contribution in [0.15, 0.2) is 72.8 Å². The van der Waals surface area contributed by atoms with Crippen LogP contribution in [0.3, 0.4) is 0 Å². The van der Waals surface area contributed by atoms with Gasteiger partial charge >= 0.3 is 6.03 Å². The Bertz CT molecular complexity index is 1250. The molecule has 1 unspecified atom stereocenters. The van der Waals surface area contributed by atoms with Gasteiger partial charge in [-0.05, 0) is 48.4 Å². The first-order chi connectivity index (χ1) is 19.8. The Hall–Kier alpha value is -3.47. The first kappa shape index (κ1) is 30.5. The molecule has 4 rings (SSSR count). The molecule has 1 heterocycles. The Morgan fingerprint density at radius 3 is 2.32 bits per heavy atom. The molecule has 5 N–H and O–H groups in total. The van der Waals surface area contributed by atoms with E-state index >= 15 is 0 Å². The van der Waals surface area contributed by atoms with E-state index in [1.807, 2.05) is 67.4 Å². The molecule has 1 fully saturated rings. The van der Waals surface area contributed by atoms with E-state index in [0.717, 1.165) is 22.3 Å². The number of aromatic hydroxyl groups is 1. The molecule has 220 valence electrons. The number of phenols is 1. The van der Waals surface area contributed by atoms with Crippen LogP contribution in [0.25, 0.3) is 0 Å². The number of amides is 2. The van der Waals surface area contributed by atoms with Crippen molar-refractivity contribution in [3.05, 3.63) is 101 Å². The second kappa shape index (κ2) is 14.4. The molecule has 0 aliphatic carbocycles. The van der Waals surface area contributed by atoms with E-state index < -0.39 is 12.4 Å². The lowest BCUT2D eigenvalue weighted by Crippen LogP contribution is -2.44. The quantitative estimate of drug-likeness (QED) is 0.237. The van der Waals surface area contributed by atoms with Crippen LogP contribution in [0.2, 0.25) is 0 Å². The summed E-state index contributed by atoms with van der Waals surface area (Å²) in [4.78, 5) is 13.8. The van der Waals surface area contributed by atoms with Crippen molar-refractivity contribution >= 4 is 6.03 Å². The molecule has 0 radical (unpaired) electrons. The molecule has 0 aromatic heterocycles. The van der Waals surface area contributed by atoms with Gasteiger partial charge in [0.25, 0.3) is 0 Å². The van der Waals surface area contributed by atoms with Gasteiger partial charge in [-0.15, -0.1) is 0 Å². The predicted molar refractivity (Wildman–Crippen MR) is 156 cm³/mol. The molecule has 9 nitrogen and oxygen atoms in total. The third-order valence-electron chi connectivity index (χ3n) is 7.40. The lowest BCUT2D eigenvalue weighted by atomic mass is 9.90. The summed E-state index contributed by atoms with van der Waals surface area (Å²) in [7, 11) is 1.94. The van der Waals surface area contributed by atoms with E-state index in [4.69, 9.17) is 9.47 Å². The maximum atomic E-state index is 11.8. The fourth-order valence-electron chi connectivity index (χ4n) is 5.04. The molecule has 3 aromatic carbocycles. The Morgan fingerprint density at radius 1 is 0.976 bits per heavy atom. The maximum Gasteiger partial charge on any atom is 0.315 e. The minimum atomic E-state index is -0.763. The molecule has 41 heavy (non-hydrogen) atoms. The highest BCUT2D eigenvalue weighted by molar-refractivity contribution is 5.73. The number of hydrogen-bond donors (Lipinski definition) is 5. The summed E-state index contributed by atoms with van der Waals surface area (Å²) < 4.78 is 13.1. The number of likely N-dealkylation sites (N-methyl/N-ethyl adjacent to an activating group) is 1. The zero-order valence-corrected chi connectivity index (χ0v) is 23.9. The van der Waals surface area contributed by atoms with Gasteiger partial charge in [-0.1, -0.05) is 67.6 Å². The smallest absolute Gasteiger partial charge is 0.315 e. The third-order valence-corrected chi connectivity index (χ3v) is 7.40. The van der Waals surface area contributed by atoms with Crippen molar-refractivity contribution in [2.24, 2.45) is 5.92 Å². The number of nitrogens with one attached hydrogen (secondary N) is 2. The van der Waals surface area contributed by atoms with Crippen LogP contribution in [0.1, 0.15) is 60.2 Å². The molecular weight excluding hydrogens is 522 g/mol. The topological polar surface area (TPSA) is 124 Å². The summed E-state index contributed by atoms with van der Waals surface area (Å²) in [6.07, 6.45) is -1.85. The molecule has 0 spiro atoms. The molecule has 5 atom stereocenters. The number of nitrogens with zero attached hydrogens (tertiary/aromatic N) is 1. The van der Waals surface area contributed by atoms with Gasteiger partial charge in [-0.25, -0.2) is 4.79 Å². The first-order valence-corrected chi connectivity index (χ1v) is 14.0. The van der Waals surface area contributed by atoms with Gasteiger partial charge in [-0.3, -0.25) is 0 Å². The third kappa shape index (κ3) is 8.28. The Kier molecular flexibility index (Phi) is 10.7. The summed E-state index contributed by atoms with van der Waals surface area (Å²) in [6, 6.07) is 22.0. The van der Waals surface area contributed by atoms with Crippen LogP contribution in [0.5, 0.6) is 5.75 Å². The maximum absolute atomic E-state index is 11.8. The average Bonchev–Trinajstić information content (AvgIpc) is 2.97. The lowest BCUT2D eigenvalue weighted by molar-refractivity contribution is -0.276. The minimum Gasteiger partial charge on any atom is -0.508 e. The van der Waals surface area contributed by atoms with Gasteiger partial charge in [0.2, 0.25) is 0 Å². The number of aliphatic hydroxyl groups is 2. The number of urea groups is 1. The Balaban J connectivity index is 1.50. The van der Waals surface area contributed by atoms with Gasteiger partial charge in [0, 0.05) is 37.7 Å². The number of ether oxygens (including phenoxy) is 2. The van der Waals surface area contributed by atoms with E-state index in [1.54, 1.807) is 24.3 Å². The number of phenolic OH excluding ortho intramolecular Hbond substituents is 1. The van der Waals surface area contributed by atoms with E-state index in [0.29, 0.717) is 31.7 Å². The molecule has 1 aliphatic heterocycles. The second-order valence-corrected chi connectivity index (χ2v) is 10.6. The minimum absolute atomic E-state index is 0.00728. The summed E-state index contributed by atoms with van der Waals surface area (Å²) in [5.74, 6) is 0.113. The normalized spacial score (nSPS) is 21.4. The van der Waals surface area contributed by atoms with Gasteiger partial charge in [0.05, 0.1) is 24.9 Å². The Morgan fingerprint density at radius 2 is 1.66 bits per heavy atom. The van der Waals surface area contributed by atoms with Crippen molar-refractivity contribution < 1.29 is 29.6 Å². The monoisotopic (exact) mass is 563 g/mol. The van der Waals surface area contributed by atoms with Crippen molar-refractivity contribution in [2.45, 2.75) is 51.6 Å². The summed E-state index contributed by atoms with van der Waals surface area (Å²) >= 11 is 0. The highest BCUT2D eigenvalue weighted by Gasteiger charge is 2.39. The predicted octanol–water partition coefficient (Wildman–Crippen LogP) is 4.16. The fourth-order valence-corrected chi connectivity index (χ4v) is 5.04. The number of hydrogen-bond acceptors (Lipinski definition) is 7. The van der Waals surface area contributed by atoms with Crippen molar-refractivity contribution in [1.29, 1.82) is 0 Å². The molecular formula is C32H41N3O6. The molecule has 2 amide bonds. The van der Waals surface area contributed by atoms with Gasteiger partial charge in [0.15, 0.2) is 6.29 Å².